The van der Waals surface area contributed by atoms with Crippen LogP contribution < -0.4 is 14.4 Å². The van der Waals surface area contributed by atoms with Gasteiger partial charge in [-0.3, -0.25) is 14.3 Å². The van der Waals surface area contributed by atoms with Crippen molar-refractivity contribution in [3.05, 3.63) is 101 Å². The third kappa shape index (κ3) is 8.77. The lowest BCUT2D eigenvalue weighted by Gasteiger charge is -2.31. The average Bonchev–Trinajstić information content (AvgIpc) is 3.28. The Balaban J connectivity index is 1.65. The zero-order valence-corrected chi connectivity index (χ0v) is 31.1. The molecule has 2 aliphatic heterocycles. The quantitative estimate of drug-likeness (QED) is 0.249. The molecule has 0 saturated carbocycles. The van der Waals surface area contributed by atoms with Crippen LogP contribution in [0.15, 0.2) is 88.1 Å². The predicted molar refractivity (Wildman–Crippen MR) is 198 cm³/mol. The Hall–Kier alpha value is -3.70. The fourth-order valence-electron chi connectivity index (χ4n) is 6.50. The van der Waals surface area contributed by atoms with Gasteiger partial charge in [0.25, 0.3) is 11.8 Å². The van der Waals surface area contributed by atoms with E-state index in [-0.39, 0.29) is 35.0 Å². The van der Waals surface area contributed by atoms with E-state index in [1.165, 1.54) is 11.1 Å². The maximum absolute atomic E-state index is 14.9. The number of ether oxygens (including phenoxy) is 3. The van der Waals surface area contributed by atoms with Crippen LogP contribution in [-0.4, -0.2) is 61.1 Å². The molecule has 5 rings (SSSR count). The lowest BCUT2D eigenvalue weighted by molar-refractivity contribution is -0.137. The molecule has 0 spiro atoms. The molecule has 50 heavy (non-hydrogen) atoms. The van der Waals surface area contributed by atoms with Gasteiger partial charge < -0.3 is 19.1 Å². The lowest BCUT2D eigenvalue weighted by Crippen LogP contribution is -2.38. The van der Waals surface area contributed by atoms with E-state index in [0.29, 0.717) is 36.2 Å². The molecule has 4 atom stereocenters. The first-order valence-electron chi connectivity index (χ1n) is 17.3. The fraction of sp³-hybridized carbons (Fsp3) is 0.436. The Kier molecular flexibility index (Phi) is 12.4. The Morgan fingerprint density at radius 3 is 2.62 bits per heavy atom. The molecule has 268 valence electrons. The number of fused-ring (bicyclic) bond motifs is 1. The minimum absolute atomic E-state index is 0.0137. The summed E-state index contributed by atoms with van der Waals surface area (Å²) in [6.45, 7) is 9.27. The number of hydrogen-bond acceptors (Lipinski definition) is 7. The van der Waals surface area contributed by atoms with E-state index in [4.69, 9.17) is 25.8 Å². The molecule has 4 unspecified atom stereocenters. The van der Waals surface area contributed by atoms with Gasteiger partial charge in [0, 0.05) is 36.7 Å². The third-order valence-corrected chi connectivity index (χ3v) is 11.4. The molecule has 1 N–H and O–H groups in total. The van der Waals surface area contributed by atoms with Gasteiger partial charge in [-0.2, -0.15) is 0 Å². The number of carbonyl (C=O) groups excluding carboxylic acids is 2. The monoisotopic (exact) mass is 721 g/mol. The van der Waals surface area contributed by atoms with Gasteiger partial charge in [-0.1, -0.05) is 74.7 Å². The summed E-state index contributed by atoms with van der Waals surface area (Å²) >= 11 is 6.44. The molecule has 3 aromatic carbocycles. The maximum atomic E-state index is 14.9. The molecule has 2 amide bonds. The highest BCUT2D eigenvalue weighted by atomic mass is 35.5. The van der Waals surface area contributed by atoms with Crippen LogP contribution in [0.5, 0.6) is 5.75 Å². The van der Waals surface area contributed by atoms with E-state index in [9.17, 15) is 13.8 Å². The topological polar surface area (TPSA) is 107 Å². The third-order valence-electron chi connectivity index (χ3n) is 9.43. The van der Waals surface area contributed by atoms with E-state index in [2.05, 4.69) is 33.9 Å². The summed E-state index contributed by atoms with van der Waals surface area (Å²) in [4.78, 5) is 29.6. The summed E-state index contributed by atoms with van der Waals surface area (Å²) in [6.07, 6.45) is 7.21. The molecule has 3 aromatic rings. The molecule has 2 bridgehead atoms. The van der Waals surface area contributed by atoms with Gasteiger partial charge in [-0.15, -0.1) is 4.36 Å². The highest BCUT2D eigenvalue weighted by Gasteiger charge is 2.33. The first-order valence-corrected chi connectivity index (χ1v) is 19.2. The lowest BCUT2D eigenvalue weighted by atomic mass is 9.91. The molecule has 11 heteroatoms. The van der Waals surface area contributed by atoms with Crippen LogP contribution in [-0.2, 0) is 30.6 Å². The molecule has 0 aliphatic carbocycles. The van der Waals surface area contributed by atoms with Crippen LogP contribution in [0.25, 0.3) is 0 Å². The van der Waals surface area contributed by atoms with Gasteiger partial charge in [0.15, 0.2) is 9.92 Å². The predicted octanol–water partition coefficient (Wildman–Crippen LogP) is 7.77. The van der Waals surface area contributed by atoms with Crippen molar-refractivity contribution in [1.29, 1.82) is 0 Å². The van der Waals surface area contributed by atoms with E-state index < -0.39 is 27.3 Å². The highest BCUT2D eigenvalue weighted by molar-refractivity contribution is 7.92. The molecule has 2 aliphatic rings. The van der Waals surface area contributed by atoms with Crippen molar-refractivity contribution in [3.63, 3.8) is 0 Å². The largest absolute Gasteiger partial charge is 0.491 e. The van der Waals surface area contributed by atoms with Gasteiger partial charge in [-0.05, 0) is 86.2 Å². The Labute approximate surface area is 301 Å². The SMILES string of the molecule is CCCc1cc(Cl)ccc1C1COc2ccc3cc2N(CCC(CC)C(OC)/C=C/COC(C)(C)C(=O)N=S3(=O)NC(=O)c2ccccc2)C1. The van der Waals surface area contributed by atoms with Gasteiger partial charge in [-0.25, -0.2) is 4.21 Å². The fourth-order valence-corrected chi connectivity index (χ4v) is 8.31. The van der Waals surface area contributed by atoms with Crippen molar-refractivity contribution in [2.75, 3.05) is 38.3 Å². The number of halogens is 1. The molecular weight excluding hydrogens is 674 g/mol. The number of nitrogens with zero attached hydrogens (tertiary/aromatic N) is 2. The number of methoxy groups -OCH3 is 1. The first kappa shape index (κ1) is 37.6. The molecular formula is C39H48ClN3O6S. The standard InChI is InChI=1S/C39H48ClN3O6S/c1-6-12-29-23-31(40)16-18-33(29)30-25-43-21-20-27(7-2)35(47-5)15-11-22-49-39(3,4)38(45)42-50(46,41-37(44)28-13-9-8-10-14-28)32-17-19-36(48-26-30)34(43)24-32/h8-11,13-19,23-24,27,30,35H,6-7,12,20-22,25-26H2,1-5H3,(H,41,42,44,45,46)/b15-11+. The van der Waals surface area contributed by atoms with Crippen LogP contribution in [0, 0.1) is 5.92 Å². The Morgan fingerprint density at radius 1 is 1.12 bits per heavy atom. The summed E-state index contributed by atoms with van der Waals surface area (Å²) in [5.74, 6) is -0.566. The Bertz CT molecular complexity index is 1820. The molecule has 0 saturated heterocycles. The van der Waals surface area contributed by atoms with Crippen molar-refractivity contribution in [2.45, 2.75) is 75.9 Å². The zero-order chi connectivity index (χ0) is 35.9. The molecule has 0 aromatic heterocycles. The van der Waals surface area contributed by atoms with Crippen LogP contribution in [0.3, 0.4) is 0 Å². The van der Waals surface area contributed by atoms with Gasteiger partial charge in [0.1, 0.15) is 11.4 Å². The first-order chi connectivity index (χ1) is 24.0. The summed E-state index contributed by atoms with van der Waals surface area (Å²) in [5.41, 5.74) is 1.94. The van der Waals surface area contributed by atoms with Gasteiger partial charge in [0.2, 0.25) is 0 Å². The number of aryl methyl sites for hydroxylation is 1. The molecule has 9 nitrogen and oxygen atoms in total. The molecule has 2 heterocycles. The number of nitrogens with one attached hydrogen (secondary N) is 1. The minimum Gasteiger partial charge on any atom is -0.491 e. The van der Waals surface area contributed by atoms with Crippen molar-refractivity contribution < 1.29 is 28.0 Å². The van der Waals surface area contributed by atoms with Crippen molar-refractivity contribution in [3.8, 4) is 5.75 Å². The number of rotatable bonds is 7. The summed E-state index contributed by atoms with van der Waals surface area (Å²) in [7, 11) is -2.14. The van der Waals surface area contributed by atoms with Crippen molar-refractivity contribution in [2.24, 2.45) is 10.3 Å². The van der Waals surface area contributed by atoms with Crippen LogP contribution in [0.2, 0.25) is 5.02 Å². The number of amides is 2. The zero-order valence-electron chi connectivity index (χ0n) is 29.5. The maximum Gasteiger partial charge on any atom is 0.287 e. The summed E-state index contributed by atoms with van der Waals surface area (Å²) < 4.78 is 40.2. The Morgan fingerprint density at radius 2 is 1.90 bits per heavy atom. The number of benzene rings is 3. The smallest absolute Gasteiger partial charge is 0.287 e. The number of anilines is 1. The van der Waals surface area contributed by atoms with Crippen LogP contribution >= 0.6 is 11.6 Å². The van der Waals surface area contributed by atoms with Gasteiger partial charge in [0.05, 0.1) is 29.9 Å². The van der Waals surface area contributed by atoms with Gasteiger partial charge >= 0.3 is 0 Å². The number of hydrogen-bond donors (Lipinski definition) is 1. The van der Waals surface area contributed by atoms with Crippen molar-refractivity contribution in [1.82, 2.24) is 4.72 Å². The molecule has 0 radical (unpaired) electrons. The van der Waals surface area contributed by atoms with Crippen LogP contribution in [0.1, 0.15) is 74.4 Å². The van der Waals surface area contributed by atoms with E-state index >= 15 is 0 Å². The number of carbonyl (C=O) groups is 2. The summed E-state index contributed by atoms with van der Waals surface area (Å²) in [6, 6.07) is 19.6. The summed E-state index contributed by atoms with van der Waals surface area (Å²) in [5, 5.41) is 0.702. The van der Waals surface area contributed by atoms with E-state index in [1.54, 1.807) is 69.5 Å². The second-order valence-electron chi connectivity index (χ2n) is 13.3. The van der Waals surface area contributed by atoms with E-state index in [0.717, 1.165) is 25.7 Å². The van der Waals surface area contributed by atoms with Crippen LogP contribution in [0.4, 0.5) is 5.69 Å². The van der Waals surface area contributed by atoms with E-state index in [1.807, 2.05) is 24.3 Å². The highest BCUT2D eigenvalue weighted by Crippen LogP contribution is 2.39. The normalized spacial score (nSPS) is 24.7. The average molecular weight is 722 g/mol. The molecule has 0 fully saturated rings. The second-order valence-corrected chi connectivity index (χ2v) is 15.6. The van der Waals surface area contributed by atoms with Crippen molar-refractivity contribution >= 4 is 39.0 Å². The second kappa shape index (κ2) is 16.5. The minimum atomic E-state index is -3.85.